The van der Waals surface area contributed by atoms with Crippen LogP contribution in [0.15, 0.2) is 22.3 Å². The van der Waals surface area contributed by atoms with Gasteiger partial charge in [-0.15, -0.1) is 0 Å². The molecular weight excluding hydrogens is 230 g/mol. The molecule has 0 aromatic heterocycles. The van der Waals surface area contributed by atoms with Gasteiger partial charge < -0.3 is 0 Å². The highest BCUT2D eigenvalue weighted by atomic mass is 79.9. The van der Waals surface area contributed by atoms with Crippen molar-refractivity contribution in [2.45, 2.75) is 20.8 Å². The highest BCUT2D eigenvalue weighted by molar-refractivity contribution is 9.11. The molecule has 0 aliphatic carbocycles. The van der Waals surface area contributed by atoms with Crippen LogP contribution in [-0.2, 0) is 4.84 Å². The van der Waals surface area contributed by atoms with Gasteiger partial charge in [0.05, 0.1) is 13.2 Å². The molecule has 1 aliphatic heterocycles. The highest BCUT2D eigenvalue weighted by Gasteiger charge is 2.09. The molecule has 0 bridgehead atoms. The molecule has 0 unspecified atom stereocenters. The summed E-state index contributed by atoms with van der Waals surface area (Å²) in [6, 6.07) is 0. The summed E-state index contributed by atoms with van der Waals surface area (Å²) < 4.78 is 1.19. The molecule has 3 heteroatoms. The van der Waals surface area contributed by atoms with Crippen LogP contribution in [0.1, 0.15) is 20.8 Å². The Kier molecular flexibility index (Phi) is 4.00. The third kappa shape index (κ3) is 3.53. The maximum Gasteiger partial charge on any atom is 0.0771 e. The lowest BCUT2D eigenvalue weighted by molar-refractivity contribution is -0.123. The minimum atomic E-state index is 0.569. The standard InChI is InChI=1S/C10H16BrNO/c1-8(2)7-13-12-5-4-9(3)10(11)6-12/h4-5,8H,6-7H2,1-3H3. The summed E-state index contributed by atoms with van der Waals surface area (Å²) in [6.45, 7) is 7.95. The zero-order valence-electron chi connectivity index (χ0n) is 8.38. The molecule has 0 atom stereocenters. The van der Waals surface area contributed by atoms with Gasteiger partial charge in [0, 0.05) is 10.7 Å². The van der Waals surface area contributed by atoms with Crippen LogP contribution in [0.25, 0.3) is 0 Å². The summed E-state index contributed by atoms with van der Waals surface area (Å²) in [5, 5.41) is 1.86. The molecule has 0 aromatic rings. The Morgan fingerprint density at radius 2 is 2.31 bits per heavy atom. The average Bonchev–Trinajstić information content (AvgIpc) is 2.07. The van der Waals surface area contributed by atoms with Crippen molar-refractivity contribution in [2.75, 3.05) is 13.2 Å². The lowest BCUT2D eigenvalue weighted by Gasteiger charge is -2.24. The first-order valence-electron chi connectivity index (χ1n) is 4.52. The SMILES string of the molecule is CC1=C(Br)CN(OCC(C)C)C=C1. The molecule has 74 valence electrons. The molecule has 1 heterocycles. The summed E-state index contributed by atoms with van der Waals surface area (Å²) in [7, 11) is 0. The highest BCUT2D eigenvalue weighted by Crippen LogP contribution is 2.19. The zero-order valence-corrected chi connectivity index (χ0v) is 9.97. The topological polar surface area (TPSA) is 12.5 Å². The van der Waals surface area contributed by atoms with E-state index in [9.17, 15) is 0 Å². The largest absolute Gasteiger partial charge is 0.273 e. The molecule has 1 aliphatic rings. The maximum atomic E-state index is 5.55. The fourth-order valence-corrected chi connectivity index (χ4v) is 1.31. The van der Waals surface area contributed by atoms with Gasteiger partial charge in [-0.05, 0) is 24.5 Å². The quantitative estimate of drug-likeness (QED) is 0.758. The molecule has 0 saturated carbocycles. The Labute approximate surface area is 88.3 Å². The normalized spacial score (nSPS) is 17.5. The second-order valence-corrected chi connectivity index (χ2v) is 4.63. The van der Waals surface area contributed by atoms with Crippen LogP contribution in [0.5, 0.6) is 0 Å². The van der Waals surface area contributed by atoms with E-state index in [1.165, 1.54) is 10.1 Å². The van der Waals surface area contributed by atoms with E-state index in [0.717, 1.165) is 13.2 Å². The summed E-state index contributed by atoms with van der Waals surface area (Å²) in [5.41, 5.74) is 1.27. The van der Waals surface area contributed by atoms with Crippen molar-refractivity contribution < 1.29 is 4.84 Å². The van der Waals surface area contributed by atoms with Crippen LogP contribution in [0, 0.1) is 5.92 Å². The van der Waals surface area contributed by atoms with E-state index in [-0.39, 0.29) is 0 Å². The van der Waals surface area contributed by atoms with Crippen LogP contribution in [-0.4, -0.2) is 18.2 Å². The van der Waals surface area contributed by atoms with E-state index in [1.54, 1.807) is 0 Å². The van der Waals surface area contributed by atoms with Crippen molar-refractivity contribution in [3.8, 4) is 0 Å². The molecule has 0 N–H and O–H groups in total. The lowest BCUT2D eigenvalue weighted by Crippen LogP contribution is -2.24. The van der Waals surface area contributed by atoms with Crippen LogP contribution in [0.3, 0.4) is 0 Å². The van der Waals surface area contributed by atoms with E-state index >= 15 is 0 Å². The average molecular weight is 246 g/mol. The Hall–Kier alpha value is -0.280. The van der Waals surface area contributed by atoms with Gasteiger partial charge in [-0.2, -0.15) is 0 Å². The smallest absolute Gasteiger partial charge is 0.0771 e. The number of allylic oxidation sites excluding steroid dienone is 2. The van der Waals surface area contributed by atoms with Crippen LogP contribution in [0.2, 0.25) is 0 Å². The predicted molar refractivity (Wildman–Crippen MR) is 58.3 cm³/mol. The Bertz CT molecular complexity index is 233. The summed E-state index contributed by atoms with van der Waals surface area (Å²) in [6.07, 6.45) is 4.02. The molecule has 2 nitrogen and oxygen atoms in total. The van der Waals surface area contributed by atoms with Crippen LogP contribution in [0.4, 0.5) is 0 Å². The fourth-order valence-electron chi connectivity index (χ4n) is 0.933. The third-order valence-corrected chi connectivity index (χ3v) is 2.66. The molecule has 0 aromatic carbocycles. The summed E-state index contributed by atoms with van der Waals surface area (Å²) >= 11 is 3.51. The molecule has 1 rings (SSSR count). The van der Waals surface area contributed by atoms with Gasteiger partial charge in [-0.25, -0.2) is 0 Å². The molecule has 0 fully saturated rings. The Balaban J connectivity index is 2.38. The minimum absolute atomic E-state index is 0.569. The number of hydroxylamine groups is 2. The van der Waals surface area contributed by atoms with Gasteiger partial charge in [-0.3, -0.25) is 9.90 Å². The second-order valence-electron chi connectivity index (χ2n) is 3.67. The summed E-state index contributed by atoms with van der Waals surface area (Å²) in [5.74, 6) is 0.569. The van der Waals surface area contributed by atoms with Crippen molar-refractivity contribution in [3.05, 3.63) is 22.3 Å². The number of hydrogen-bond donors (Lipinski definition) is 0. The first kappa shape index (κ1) is 10.8. The van der Waals surface area contributed by atoms with Crippen LogP contribution >= 0.6 is 15.9 Å². The fraction of sp³-hybridized carbons (Fsp3) is 0.600. The number of halogens is 1. The van der Waals surface area contributed by atoms with E-state index in [4.69, 9.17) is 4.84 Å². The molecule has 0 amide bonds. The van der Waals surface area contributed by atoms with Crippen LogP contribution < -0.4 is 0 Å². The van der Waals surface area contributed by atoms with E-state index in [2.05, 4.69) is 36.7 Å². The van der Waals surface area contributed by atoms with E-state index in [1.807, 2.05) is 17.3 Å². The van der Waals surface area contributed by atoms with Gasteiger partial charge in [0.15, 0.2) is 0 Å². The number of rotatable bonds is 3. The minimum Gasteiger partial charge on any atom is -0.273 e. The predicted octanol–water partition coefficient (Wildman–Crippen LogP) is 3.07. The monoisotopic (exact) mass is 245 g/mol. The van der Waals surface area contributed by atoms with Gasteiger partial charge >= 0.3 is 0 Å². The van der Waals surface area contributed by atoms with E-state index < -0.39 is 0 Å². The third-order valence-electron chi connectivity index (χ3n) is 1.79. The Morgan fingerprint density at radius 3 is 2.85 bits per heavy atom. The molecule has 0 radical (unpaired) electrons. The van der Waals surface area contributed by atoms with Gasteiger partial charge in [-0.1, -0.05) is 29.8 Å². The van der Waals surface area contributed by atoms with Crippen molar-refractivity contribution in [2.24, 2.45) is 5.92 Å². The van der Waals surface area contributed by atoms with Crippen molar-refractivity contribution in [1.82, 2.24) is 5.06 Å². The first-order chi connectivity index (χ1) is 6.09. The second kappa shape index (κ2) is 4.82. The first-order valence-corrected chi connectivity index (χ1v) is 5.32. The molecule has 0 saturated heterocycles. The lowest BCUT2D eigenvalue weighted by atomic mass is 10.2. The molecule has 13 heavy (non-hydrogen) atoms. The molecular formula is C10H16BrNO. The maximum absolute atomic E-state index is 5.55. The van der Waals surface area contributed by atoms with Gasteiger partial charge in [0.1, 0.15) is 0 Å². The van der Waals surface area contributed by atoms with Gasteiger partial charge in [0.25, 0.3) is 0 Å². The zero-order chi connectivity index (χ0) is 9.84. The Morgan fingerprint density at radius 1 is 1.62 bits per heavy atom. The van der Waals surface area contributed by atoms with Crippen molar-refractivity contribution >= 4 is 15.9 Å². The summed E-state index contributed by atoms with van der Waals surface area (Å²) in [4.78, 5) is 5.55. The number of nitrogens with zero attached hydrogens (tertiary/aromatic N) is 1. The van der Waals surface area contributed by atoms with E-state index in [0.29, 0.717) is 5.92 Å². The van der Waals surface area contributed by atoms with Crippen molar-refractivity contribution in [1.29, 1.82) is 0 Å². The van der Waals surface area contributed by atoms with Gasteiger partial charge in [0.2, 0.25) is 0 Å². The molecule has 0 spiro atoms. The number of hydrogen-bond acceptors (Lipinski definition) is 2. The van der Waals surface area contributed by atoms with Crippen molar-refractivity contribution in [3.63, 3.8) is 0 Å².